The average molecular weight is 278 g/mol. The van der Waals surface area contributed by atoms with Crippen LogP contribution in [0.25, 0.3) is 0 Å². The summed E-state index contributed by atoms with van der Waals surface area (Å²) in [5.74, 6) is 0. The van der Waals surface area contributed by atoms with Crippen LogP contribution >= 0.6 is 0 Å². The topological polar surface area (TPSA) is 72.6 Å². The summed E-state index contributed by atoms with van der Waals surface area (Å²) in [6, 6.07) is 0. The molecule has 1 saturated heterocycles. The second kappa shape index (κ2) is 7.43. The first-order valence-electron chi connectivity index (χ1n) is 6.86. The predicted octanol–water partition coefficient (Wildman–Crippen LogP) is 0.945. The first kappa shape index (κ1) is 15.9. The summed E-state index contributed by atoms with van der Waals surface area (Å²) in [4.78, 5) is 0. The van der Waals surface area contributed by atoms with E-state index in [-0.39, 0.29) is 12.6 Å². The van der Waals surface area contributed by atoms with Gasteiger partial charge in [-0.2, -0.15) is 4.31 Å². The second-order valence-corrected chi connectivity index (χ2v) is 7.02. The van der Waals surface area contributed by atoms with Crippen LogP contribution < -0.4 is 5.73 Å². The molecule has 108 valence electrons. The lowest BCUT2D eigenvalue weighted by Gasteiger charge is -2.33. The van der Waals surface area contributed by atoms with Crippen molar-refractivity contribution in [3.05, 3.63) is 0 Å². The fourth-order valence-corrected chi connectivity index (χ4v) is 4.11. The van der Waals surface area contributed by atoms with Gasteiger partial charge in [0.1, 0.15) is 0 Å². The van der Waals surface area contributed by atoms with Gasteiger partial charge in [-0.25, -0.2) is 8.42 Å². The van der Waals surface area contributed by atoms with Gasteiger partial charge in [-0.1, -0.05) is 13.8 Å². The predicted molar refractivity (Wildman–Crippen MR) is 72.9 cm³/mol. The Morgan fingerprint density at radius 3 is 2.72 bits per heavy atom. The fraction of sp³-hybridized carbons (Fsp3) is 1.00. The minimum absolute atomic E-state index is 0.0451. The van der Waals surface area contributed by atoms with Crippen molar-refractivity contribution in [2.24, 2.45) is 5.73 Å². The molecule has 0 aromatic heterocycles. The summed E-state index contributed by atoms with van der Waals surface area (Å²) in [7, 11) is -3.25. The lowest BCUT2D eigenvalue weighted by molar-refractivity contribution is 0.0191. The Hall–Kier alpha value is -0.170. The molecule has 18 heavy (non-hydrogen) atoms. The lowest BCUT2D eigenvalue weighted by Crippen LogP contribution is -2.48. The van der Waals surface area contributed by atoms with E-state index in [1.807, 2.05) is 6.92 Å². The van der Waals surface area contributed by atoms with Crippen LogP contribution in [0, 0.1) is 0 Å². The van der Waals surface area contributed by atoms with Gasteiger partial charge in [-0.05, 0) is 25.7 Å². The van der Waals surface area contributed by atoms with Gasteiger partial charge in [0, 0.05) is 26.2 Å². The summed E-state index contributed by atoms with van der Waals surface area (Å²) in [6.07, 6.45) is 3.39. The highest BCUT2D eigenvalue weighted by Crippen LogP contribution is 2.20. The maximum Gasteiger partial charge on any atom is 0.218 e. The Kier molecular flexibility index (Phi) is 6.55. The van der Waals surface area contributed by atoms with E-state index in [1.54, 1.807) is 4.31 Å². The monoisotopic (exact) mass is 278 g/mol. The molecule has 1 heterocycles. The van der Waals surface area contributed by atoms with E-state index in [9.17, 15) is 8.42 Å². The van der Waals surface area contributed by atoms with Crippen molar-refractivity contribution in [2.45, 2.75) is 50.9 Å². The summed E-state index contributed by atoms with van der Waals surface area (Å²) >= 11 is 0. The molecule has 6 heteroatoms. The summed E-state index contributed by atoms with van der Waals surface area (Å²) < 4.78 is 31.9. The normalized spacial score (nSPS) is 24.1. The van der Waals surface area contributed by atoms with E-state index < -0.39 is 15.3 Å². The van der Waals surface area contributed by atoms with Crippen molar-refractivity contribution in [2.75, 3.05) is 26.2 Å². The first-order valence-corrected chi connectivity index (χ1v) is 8.37. The van der Waals surface area contributed by atoms with Crippen molar-refractivity contribution in [1.29, 1.82) is 0 Å². The van der Waals surface area contributed by atoms with Crippen LogP contribution in [-0.4, -0.2) is 50.3 Å². The molecule has 0 bridgehead atoms. The molecule has 0 aliphatic carbocycles. The molecular weight excluding hydrogens is 252 g/mol. The Morgan fingerprint density at radius 2 is 2.17 bits per heavy atom. The van der Waals surface area contributed by atoms with Crippen LogP contribution in [0.1, 0.15) is 39.5 Å². The van der Waals surface area contributed by atoms with E-state index in [1.165, 1.54) is 0 Å². The van der Waals surface area contributed by atoms with Crippen LogP contribution in [-0.2, 0) is 14.8 Å². The molecule has 1 rings (SSSR count). The molecule has 0 aromatic carbocycles. The molecule has 0 radical (unpaired) electrons. The Labute approximate surface area is 111 Å². The number of rotatable bonds is 7. The van der Waals surface area contributed by atoms with E-state index in [0.717, 1.165) is 19.3 Å². The molecule has 2 atom stereocenters. The molecule has 0 amide bonds. The summed E-state index contributed by atoms with van der Waals surface area (Å²) in [6.45, 7) is 5.90. The molecular formula is C12H26N2O3S. The minimum Gasteiger partial charge on any atom is -0.377 e. The van der Waals surface area contributed by atoms with Crippen molar-refractivity contribution in [3.8, 4) is 0 Å². The molecule has 2 unspecified atom stereocenters. The van der Waals surface area contributed by atoms with Gasteiger partial charge in [0.25, 0.3) is 0 Å². The lowest BCUT2D eigenvalue weighted by atomic mass is 10.1. The molecule has 1 fully saturated rings. The molecule has 5 nitrogen and oxygen atoms in total. The van der Waals surface area contributed by atoms with Gasteiger partial charge in [0.05, 0.1) is 11.4 Å². The van der Waals surface area contributed by atoms with Crippen molar-refractivity contribution in [1.82, 2.24) is 4.31 Å². The smallest absolute Gasteiger partial charge is 0.218 e. The fourth-order valence-electron chi connectivity index (χ4n) is 2.27. The highest BCUT2D eigenvalue weighted by molar-refractivity contribution is 7.89. The molecule has 0 saturated carbocycles. The van der Waals surface area contributed by atoms with Crippen LogP contribution in [0.3, 0.4) is 0 Å². The van der Waals surface area contributed by atoms with Gasteiger partial charge in [0.2, 0.25) is 10.0 Å². The third kappa shape index (κ3) is 3.91. The average Bonchev–Trinajstić information content (AvgIpc) is 2.38. The van der Waals surface area contributed by atoms with Crippen LogP contribution in [0.5, 0.6) is 0 Å². The maximum atomic E-state index is 12.4. The van der Waals surface area contributed by atoms with E-state index in [4.69, 9.17) is 10.5 Å². The van der Waals surface area contributed by atoms with Crippen LogP contribution in [0.2, 0.25) is 0 Å². The number of nitrogens with zero attached hydrogens (tertiary/aromatic N) is 1. The number of ether oxygens (including phenoxy) is 1. The number of hydrogen-bond donors (Lipinski definition) is 1. The molecule has 2 N–H and O–H groups in total. The number of piperidine rings is 1. The highest BCUT2D eigenvalue weighted by Gasteiger charge is 2.33. The highest BCUT2D eigenvalue weighted by atomic mass is 32.2. The molecule has 1 aliphatic heterocycles. The number of hydrogen-bond acceptors (Lipinski definition) is 4. The zero-order chi connectivity index (χ0) is 13.6. The van der Waals surface area contributed by atoms with Gasteiger partial charge in [-0.3, -0.25) is 0 Å². The summed E-state index contributed by atoms with van der Waals surface area (Å²) in [5, 5.41) is -0.456. The van der Waals surface area contributed by atoms with Crippen molar-refractivity contribution >= 4 is 10.0 Å². The van der Waals surface area contributed by atoms with Gasteiger partial charge in [0.15, 0.2) is 0 Å². The van der Waals surface area contributed by atoms with Crippen LogP contribution in [0.4, 0.5) is 0 Å². The van der Waals surface area contributed by atoms with Crippen LogP contribution in [0.15, 0.2) is 0 Å². The van der Waals surface area contributed by atoms with E-state index in [0.29, 0.717) is 26.1 Å². The molecule has 1 aliphatic rings. The first-order chi connectivity index (χ1) is 8.56. The zero-order valence-corrected chi connectivity index (χ0v) is 12.3. The standard InChI is InChI=1S/C12H26N2O3S/c1-3-8-17-11-6-5-7-14(10-11)18(15,16)12(4-2)9-13/h11-12H,3-10,13H2,1-2H3. The Bertz CT molecular complexity index is 328. The van der Waals surface area contributed by atoms with E-state index in [2.05, 4.69) is 6.92 Å². The van der Waals surface area contributed by atoms with Crippen molar-refractivity contribution in [3.63, 3.8) is 0 Å². The number of sulfonamides is 1. The van der Waals surface area contributed by atoms with Gasteiger partial charge < -0.3 is 10.5 Å². The molecule has 0 aromatic rings. The maximum absolute atomic E-state index is 12.4. The Morgan fingerprint density at radius 1 is 1.44 bits per heavy atom. The third-order valence-corrected chi connectivity index (χ3v) is 5.82. The second-order valence-electron chi connectivity index (χ2n) is 4.80. The van der Waals surface area contributed by atoms with E-state index >= 15 is 0 Å². The summed E-state index contributed by atoms with van der Waals surface area (Å²) in [5.41, 5.74) is 5.55. The van der Waals surface area contributed by atoms with Crippen molar-refractivity contribution < 1.29 is 13.2 Å². The molecule has 0 spiro atoms. The third-order valence-electron chi connectivity index (χ3n) is 3.40. The Balaban J connectivity index is 2.65. The zero-order valence-electron chi connectivity index (χ0n) is 11.5. The van der Waals surface area contributed by atoms with Gasteiger partial charge >= 0.3 is 0 Å². The largest absolute Gasteiger partial charge is 0.377 e. The van der Waals surface area contributed by atoms with Gasteiger partial charge in [-0.15, -0.1) is 0 Å². The number of nitrogens with two attached hydrogens (primary N) is 1. The SMILES string of the molecule is CCCOC1CCCN(S(=O)(=O)C(CC)CN)C1. The minimum atomic E-state index is -3.25. The quantitative estimate of drug-likeness (QED) is 0.752.